The third-order valence-electron chi connectivity index (χ3n) is 20.5. The summed E-state index contributed by atoms with van der Waals surface area (Å²) in [6.07, 6.45) is 14.1. The van der Waals surface area contributed by atoms with Gasteiger partial charge in [0.15, 0.2) is 5.78 Å². The van der Waals surface area contributed by atoms with E-state index in [2.05, 4.69) is 68.7 Å². The molecule has 0 radical (unpaired) electrons. The smallest absolute Gasteiger partial charge is 0.159 e. The standard InChI is InChI=1S/C57H79N3O7/c1-33(24-44(63)51-55(5,67-51)40-15-10-14-39(40)35-12-9-13-37(58)27-35)47-41-17-18-46-54(4)42-16-11-21-56(50(65)48(42)36-25-34(31-59-6)26-38(62)28-36)20-8-7-19-52(2,66)32-60-43(49(54)56)29-57(46,22-23-61)53(41,3)30-45(47)64/h9,11-13,16,25-28,33,39-40,42-44,46,48-49,51,59-63,66H,7-8,10,14-15,17-24,29-32,58H2,1-6H3/t33-,39+,40-,42+,43+,44-,46-,48-,49-,51-,52-,53+,54+,55-,56+,57+/m1/s1. The van der Waals surface area contributed by atoms with Crippen molar-refractivity contribution in [2.75, 3.05) is 25.9 Å². The molecule has 10 heteroatoms. The number of hydrogen-bond donors (Lipinski definition) is 7. The summed E-state index contributed by atoms with van der Waals surface area (Å²) in [5, 5.41) is 53.7. The van der Waals surface area contributed by atoms with Crippen molar-refractivity contribution in [2.45, 2.75) is 172 Å². The van der Waals surface area contributed by atoms with Gasteiger partial charge in [0.1, 0.15) is 17.6 Å². The molecule has 0 aromatic heterocycles. The largest absolute Gasteiger partial charge is 0.508 e. The van der Waals surface area contributed by atoms with Gasteiger partial charge in [-0.3, -0.25) is 9.59 Å². The zero-order valence-electron chi connectivity index (χ0n) is 41.1. The normalized spacial score (nSPS) is 43.3. The number of carbonyl (C=O) groups excluding carboxylic acids is 2. The average Bonchev–Trinajstić information content (AvgIpc) is 3.66. The molecule has 0 unspecified atom stereocenters. The summed E-state index contributed by atoms with van der Waals surface area (Å²) in [5.74, 6) is 0.383. The van der Waals surface area contributed by atoms with Gasteiger partial charge in [-0.1, -0.05) is 76.0 Å². The molecule has 2 aliphatic heterocycles. The number of ketones is 2. The number of epoxide rings is 1. The van der Waals surface area contributed by atoms with Gasteiger partial charge < -0.3 is 41.5 Å². The summed E-state index contributed by atoms with van der Waals surface area (Å²) >= 11 is 0. The fourth-order valence-electron chi connectivity index (χ4n) is 17.9. The van der Waals surface area contributed by atoms with Crippen molar-refractivity contribution in [1.82, 2.24) is 10.6 Å². The van der Waals surface area contributed by atoms with E-state index < -0.39 is 44.9 Å². The monoisotopic (exact) mass is 918 g/mol. The van der Waals surface area contributed by atoms with Crippen LogP contribution in [-0.2, 0) is 20.9 Å². The molecular weight excluding hydrogens is 839 g/mol. The second-order valence-corrected chi connectivity index (χ2v) is 24.1. The van der Waals surface area contributed by atoms with Crippen LogP contribution < -0.4 is 16.4 Å². The highest BCUT2D eigenvalue weighted by Gasteiger charge is 2.76. The van der Waals surface area contributed by atoms with Crippen LogP contribution in [0.2, 0.25) is 0 Å². The highest BCUT2D eigenvalue weighted by atomic mass is 16.6. The van der Waals surface area contributed by atoms with E-state index in [1.165, 1.54) is 11.1 Å². The van der Waals surface area contributed by atoms with Gasteiger partial charge in [0.2, 0.25) is 0 Å². The number of benzene rings is 2. The number of nitrogens with two attached hydrogens (primary N) is 1. The number of allylic oxidation sites excluding steroid dienone is 4. The number of phenols is 1. The Balaban J connectivity index is 1.03. The molecule has 9 aliphatic rings. The Morgan fingerprint density at radius 2 is 1.79 bits per heavy atom. The first-order valence-corrected chi connectivity index (χ1v) is 26.1. The molecule has 11 rings (SSSR count). The van der Waals surface area contributed by atoms with Gasteiger partial charge in [0.25, 0.3) is 0 Å². The second kappa shape index (κ2) is 16.9. The number of carbonyl (C=O) groups is 2. The molecule has 4 saturated carbocycles. The molecule has 8 N–H and O–H groups in total. The summed E-state index contributed by atoms with van der Waals surface area (Å²) in [6, 6.07) is 13.8. The maximum absolute atomic E-state index is 15.9. The molecule has 6 fully saturated rings. The number of aliphatic hydroxyl groups is 3. The number of rotatable bonds is 11. The lowest BCUT2D eigenvalue weighted by Gasteiger charge is -2.73. The number of aromatic hydroxyl groups is 1. The van der Waals surface area contributed by atoms with E-state index in [0.29, 0.717) is 57.5 Å². The highest BCUT2D eigenvalue weighted by molar-refractivity contribution is 6.01. The van der Waals surface area contributed by atoms with Crippen LogP contribution in [-0.4, -0.2) is 81.6 Å². The SMILES string of the molecule is CNCc1cc(O)cc([C@H]2C(=O)[C@]34CC=C[C@@H]2[C@@]2(C)[C@H]5CCC6=C([C@H](C)C[C@@H](O)[C@H]7O[C@]7(C)[C@@H]7CCC[C@H]7c7cccc(N)c7)C(=O)C[C@]6(C)[C@@]5(CCO)C[C@H](NC[C@](C)(O)CCCC3)[C@@H]42)c1. The molecule has 364 valence electrons. The molecule has 10 nitrogen and oxygen atoms in total. The van der Waals surface area contributed by atoms with Crippen LogP contribution in [0, 0.1) is 51.2 Å². The van der Waals surface area contributed by atoms with E-state index in [0.717, 1.165) is 73.8 Å². The number of ether oxygens (including phenoxy) is 1. The zero-order chi connectivity index (χ0) is 47.5. The number of hydrogen-bond acceptors (Lipinski definition) is 10. The van der Waals surface area contributed by atoms with Crippen molar-refractivity contribution < 1.29 is 34.8 Å². The Morgan fingerprint density at radius 1 is 1.00 bits per heavy atom. The first-order chi connectivity index (χ1) is 31.9. The molecule has 67 heavy (non-hydrogen) atoms. The summed E-state index contributed by atoms with van der Waals surface area (Å²) in [5.41, 5.74) is 8.54. The summed E-state index contributed by atoms with van der Waals surface area (Å²) in [6.45, 7) is 12.0. The van der Waals surface area contributed by atoms with E-state index in [1.807, 2.05) is 32.2 Å². The van der Waals surface area contributed by atoms with Crippen molar-refractivity contribution in [3.8, 4) is 5.75 Å². The Bertz CT molecular complexity index is 2340. The molecule has 0 amide bonds. The minimum atomic E-state index is -0.925. The average molecular weight is 918 g/mol. The number of β-amino-alcohol motifs (C(OH)–C–C–N with tert-alkyl or cyclic N) is 1. The van der Waals surface area contributed by atoms with Crippen LogP contribution >= 0.6 is 0 Å². The number of nitrogen functional groups attached to an aromatic ring is 1. The first kappa shape index (κ1) is 47.3. The van der Waals surface area contributed by atoms with Gasteiger partial charge in [-0.15, -0.1) is 0 Å². The number of Topliss-reactive ketones (excluding diaryl/α,β-unsaturated/α-hetero) is 2. The Morgan fingerprint density at radius 3 is 2.55 bits per heavy atom. The molecule has 2 aromatic rings. The predicted octanol–water partition coefficient (Wildman–Crippen LogP) is 8.42. The molecule has 7 aliphatic carbocycles. The lowest BCUT2D eigenvalue weighted by molar-refractivity contribution is -0.220. The van der Waals surface area contributed by atoms with E-state index in [4.69, 9.17) is 10.5 Å². The first-order valence-electron chi connectivity index (χ1n) is 26.1. The highest BCUT2D eigenvalue weighted by Crippen LogP contribution is 2.78. The predicted molar refractivity (Wildman–Crippen MR) is 261 cm³/mol. The van der Waals surface area contributed by atoms with Gasteiger partial charge in [0, 0.05) is 48.7 Å². The summed E-state index contributed by atoms with van der Waals surface area (Å²) < 4.78 is 6.54. The summed E-state index contributed by atoms with van der Waals surface area (Å²) in [4.78, 5) is 30.9. The van der Waals surface area contributed by atoms with Crippen molar-refractivity contribution in [3.05, 3.63) is 82.5 Å². The fourth-order valence-corrected chi connectivity index (χ4v) is 17.9. The van der Waals surface area contributed by atoms with Gasteiger partial charge in [-0.2, -0.15) is 0 Å². The van der Waals surface area contributed by atoms with E-state index >= 15 is 4.79 Å². The molecule has 2 saturated heterocycles. The molecule has 2 heterocycles. The zero-order valence-corrected chi connectivity index (χ0v) is 41.1. The molecule has 1 spiro atoms. The maximum atomic E-state index is 15.9. The molecule has 2 bridgehead atoms. The van der Waals surface area contributed by atoms with Crippen molar-refractivity contribution in [1.29, 1.82) is 0 Å². The van der Waals surface area contributed by atoms with Crippen molar-refractivity contribution >= 4 is 17.3 Å². The lowest BCUT2D eigenvalue weighted by atomic mass is 9.31. The second-order valence-electron chi connectivity index (χ2n) is 24.1. The van der Waals surface area contributed by atoms with Crippen molar-refractivity contribution in [2.24, 2.45) is 51.2 Å². The minimum absolute atomic E-state index is 0.0222. The number of phenolic OH excluding ortho intramolecular Hbond substituents is 1. The number of nitrogens with one attached hydrogen (secondary N) is 2. The lowest BCUT2D eigenvalue weighted by Crippen LogP contribution is -2.73. The van der Waals surface area contributed by atoms with Gasteiger partial charge in [-0.25, -0.2) is 0 Å². The van der Waals surface area contributed by atoms with Crippen LogP contribution in [0.25, 0.3) is 0 Å². The molecular formula is C57H79N3O7. The van der Waals surface area contributed by atoms with E-state index in [-0.39, 0.29) is 65.7 Å². The Labute approximate surface area is 399 Å². The van der Waals surface area contributed by atoms with Crippen LogP contribution in [0.1, 0.15) is 153 Å². The fraction of sp³-hybridized carbons (Fsp3) is 0.684. The minimum Gasteiger partial charge on any atom is -0.508 e. The van der Waals surface area contributed by atoms with Crippen LogP contribution in [0.15, 0.2) is 65.8 Å². The number of aliphatic hydroxyl groups excluding tert-OH is 2. The molecule has 2 aromatic carbocycles. The van der Waals surface area contributed by atoms with Crippen LogP contribution in [0.3, 0.4) is 0 Å². The van der Waals surface area contributed by atoms with Gasteiger partial charge in [0.05, 0.1) is 23.2 Å². The van der Waals surface area contributed by atoms with Gasteiger partial charge in [-0.05, 0) is 178 Å². The van der Waals surface area contributed by atoms with Gasteiger partial charge >= 0.3 is 0 Å². The quantitative estimate of drug-likeness (QED) is 0.0658. The number of anilines is 1. The van der Waals surface area contributed by atoms with Crippen LogP contribution in [0.4, 0.5) is 5.69 Å². The summed E-state index contributed by atoms with van der Waals surface area (Å²) in [7, 11) is 1.89. The topological polar surface area (TPSA) is 178 Å². The maximum Gasteiger partial charge on any atom is 0.159 e. The molecule has 16 atom stereocenters. The number of fused-ring (bicyclic) bond motifs is 5. The Kier molecular flexibility index (Phi) is 11.9. The third kappa shape index (κ3) is 7.21. The van der Waals surface area contributed by atoms with Crippen LogP contribution in [0.5, 0.6) is 5.75 Å². The van der Waals surface area contributed by atoms with E-state index in [1.54, 1.807) is 6.07 Å². The van der Waals surface area contributed by atoms with E-state index in [9.17, 15) is 25.2 Å². The third-order valence-corrected chi connectivity index (χ3v) is 20.5. The van der Waals surface area contributed by atoms with Crippen molar-refractivity contribution in [3.63, 3.8) is 0 Å². The Hall–Kier alpha value is -3.38.